The van der Waals surface area contributed by atoms with E-state index in [1.54, 1.807) is 0 Å². The topological polar surface area (TPSA) is 32.5 Å². The average Bonchev–Trinajstić information content (AvgIpc) is 2.71. The summed E-state index contributed by atoms with van der Waals surface area (Å²) in [5.41, 5.74) is 7.17. The molecule has 0 aromatic carbocycles. The van der Waals surface area contributed by atoms with Crippen molar-refractivity contribution in [2.75, 3.05) is 27.2 Å². The predicted molar refractivity (Wildman–Crippen MR) is 78.9 cm³/mol. The third-order valence-corrected chi connectivity index (χ3v) is 5.12. The van der Waals surface area contributed by atoms with Gasteiger partial charge in [-0.1, -0.05) is 0 Å². The van der Waals surface area contributed by atoms with Gasteiger partial charge in [-0.25, -0.2) is 0 Å². The number of aryl methyl sites for hydroxylation is 1. The number of piperidine rings is 1. The van der Waals surface area contributed by atoms with Crippen molar-refractivity contribution in [3.63, 3.8) is 0 Å². The summed E-state index contributed by atoms with van der Waals surface area (Å²) in [5, 5.41) is 0. The van der Waals surface area contributed by atoms with Crippen molar-refractivity contribution in [1.29, 1.82) is 0 Å². The lowest BCUT2D eigenvalue weighted by Crippen LogP contribution is -2.41. The fourth-order valence-electron chi connectivity index (χ4n) is 2.68. The van der Waals surface area contributed by atoms with E-state index in [-0.39, 0.29) is 0 Å². The predicted octanol–water partition coefficient (Wildman–Crippen LogP) is 2.04. The molecule has 2 rings (SSSR count). The Balaban J connectivity index is 1.93. The second kappa shape index (κ2) is 6.15. The highest BCUT2D eigenvalue weighted by molar-refractivity contribution is 7.12. The van der Waals surface area contributed by atoms with Crippen LogP contribution in [0.2, 0.25) is 0 Å². The Hall–Kier alpha value is -0.420. The van der Waals surface area contributed by atoms with Crippen LogP contribution < -0.4 is 5.73 Å². The molecular weight excluding hydrogens is 242 g/mol. The van der Waals surface area contributed by atoms with Gasteiger partial charge in [-0.3, -0.25) is 4.90 Å². The lowest BCUT2D eigenvalue weighted by molar-refractivity contribution is 0.139. The number of hydrogen-bond acceptors (Lipinski definition) is 4. The molecule has 0 amide bonds. The summed E-state index contributed by atoms with van der Waals surface area (Å²) >= 11 is 1.84. The van der Waals surface area contributed by atoms with E-state index in [0.717, 1.165) is 12.6 Å². The lowest BCUT2D eigenvalue weighted by Gasteiger charge is -2.35. The van der Waals surface area contributed by atoms with Gasteiger partial charge in [-0.2, -0.15) is 0 Å². The standard InChI is InChI=1S/C14H25N3S/c1-11-12(8-14(9-15)18-11)10-17(3)13-4-6-16(2)7-5-13/h8,13H,4-7,9-10,15H2,1-3H3. The van der Waals surface area contributed by atoms with Crippen molar-refractivity contribution < 1.29 is 0 Å². The Morgan fingerprint density at radius 2 is 2.11 bits per heavy atom. The highest BCUT2D eigenvalue weighted by atomic mass is 32.1. The molecule has 1 saturated heterocycles. The zero-order chi connectivity index (χ0) is 13.1. The molecule has 0 radical (unpaired) electrons. The van der Waals surface area contributed by atoms with Crippen molar-refractivity contribution in [2.45, 2.75) is 38.9 Å². The number of nitrogens with zero attached hydrogens (tertiary/aromatic N) is 2. The number of hydrogen-bond donors (Lipinski definition) is 1. The van der Waals surface area contributed by atoms with E-state index in [0.29, 0.717) is 6.54 Å². The third-order valence-electron chi connectivity index (χ3n) is 4.00. The van der Waals surface area contributed by atoms with Crippen molar-refractivity contribution in [3.05, 3.63) is 21.4 Å². The van der Waals surface area contributed by atoms with Gasteiger partial charge in [-0.15, -0.1) is 11.3 Å². The van der Waals surface area contributed by atoms with Crippen LogP contribution in [0.15, 0.2) is 6.07 Å². The van der Waals surface area contributed by atoms with Crippen molar-refractivity contribution in [2.24, 2.45) is 5.73 Å². The maximum atomic E-state index is 5.71. The van der Waals surface area contributed by atoms with Crippen LogP contribution in [0.25, 0.3) is 0 Å². The molecule has 4 heteroatoms. The summed E-state index contributed by atoms with van der Waals surface area (Å²) in [6.45, 7) is 6.40. The number of nitrogens with two attached hydrogens (primary N) is 1. The van der Waals surface area contributed by atoms with E-state index in [1.807, 2.05) is 11.3 Å². The van der Waals surface area contributed by atoms with Crippen LogP contribution >= 0.6 is 11.3 Å². The molecule has 1 aromatic heterocycles. The van der Waals surface area contributed by atoms with Crippen LogP contribution in [0.4, 0.5) is 0 Å². The fourth-order valence-corrected chi connectivity index (χ4v) is 3.61. The molecule has 102 valence electrons. The minimum Gasteiger partial charge on any atom is -0.326 e. The molecule has 0 bridgehead atoms. The molecule has 2 N–H and O–H groups in total. The molecule has 0 atom stereocenters. The van der Waals surface area contributed by atoms with Crippen molar-refractivity contribution >= 4 is 11.3 Å². The van der Waals surface area contributed by atoms with E-state index in [9.17, 15) is 0 Å². The van der Waals surface area contributed by atoms with Gasteiger partial charge in [0.25, 0.3) is 0 Å². The highest BCUT2D eigenvalue weighted by Crippen LogP contribution is 2.24. The molecule has 0 aliphatic carbocycles. The Labute approximate surface area is 115 Å². The minimum absolute atomic E-state index is 0.670. The zero-order valence-electron chi connectivity index (χ0n) is 11.8. The van der Waals surface area contributed by atoms with Gasteiger partial charge >= 0.3 is 0 Å². The van der Waals surface area contributed by atoms with Crippen LogP contribution in [0.1, 0.15) is 28.2 Å². The SMILES string of the molecule is Cc1sc(CN)cc1CN(C)C1CCN(C)CC1. The van der Waals surface area contributed by atoms with E-state index in [2.05, 4.69) is 36.9 Å². The Morgan fingerprint density at radius 3 is 2.67 bits per heavy atom. The van der Waals surface area contributed by atoms with Gasteiger partial charge in [-0.05, 0) is 58.6 Å². The minimum atomic E-state index is 0.670. The number of rotatable bonds is 4. The first-order valence-corrected chi connectivity index (χ1v) is 7.59. The first kappa shape index (κ1) is 14.0. The quantitative estimate of drug-likeness (QED) is 0.906. The van der Waals surface area contributed by atoms with E-state index in [1.165, 1.54) is 41.2 Å². The van der Waals surface area contributed by atoms with Crippen LogP contribution in [0.3, 0.4) is 0 Å². The smallest absolute Gasteiger partial charge is 0.0274 e. The summed E-state index contributed by atoms with van der Waals surface area (Å²) < 4.78 is 0. The van der Waals surface area contributed by atoms with Gasteiger partial charge in [0.05, 0.1) is 0 Å². The highest BCUT2D eigenvalue weighted by Gasteiger charge is 2.21. The van der Waals surface area contributed by atoms with E-state index in [4.69, 9.17) is 5.73 Å². The Kier molecular flexibility index (Phi) is 4.78. The first-order chi connectivity index (χ1) is 8.60. The van der Waals surface area contributed by atoms with Crippen LogP contribution in [0.5, 0.6) is 0 Å². The normalized spacial score (nSPS) is 18.7. The van der Waals surface area contributed by atoms with Gasteiger partial charge < -0.3 is 10.6 Å². The number of thiophene rings is 1. The summed E-state index contributed by atoms with van der Waals surface area (Å²) in [6.07, 6.45) is 2.58. The molecule has 0 spiro atoms. The molecule has 0 unspecified atom stereocenters. The van der Waals surface area contributed by atoms with Gasteiger partial charge in [0.2, 0.25) is 0 Å². The van der Waals surface area contributed by atoms with Gasteiger partial charge in [0.1, 0.15) is 0 Å². The number of likely N-dealkylation sites (tertiary alicyclic amines) is 1. The van der Waals surface area contributed by atoms with Crippen LogP contribution in [-0.2, 0) is 13.1 Å². The second-order valence-corrected chi connectivity index (χ2v) is 6.79. The van der Waals surface area contributed by atoms with E-state index < -0.39 is 0 Å². The Morgan fingerprint density at radius 1 is 1.44 bits per heavy atom. The summed E-state index contributed by atoms with van der Waals surface area (Å²) in [5.74, 6) is 0. The molecule has 1 fully saturated rings. The molecule has 3 nitrogen and oxygen atoms in total. The van der Waals surface area contributed by atoms with E-state index >= 15 is 0 Å². The third kappa shape index (κ3) is 3.32. The van der Waals surface area contributed by atoms with Gasteiger partial charge in [0.15, 0.2) is 0 Å². The Bertz CT molecular complexity index is 380. The lowest BCUT2D eigenvalue weighted by atomic mass is 10.0. The summed E-state index contributed by atoms with van der Waals surface area (Å²) in [4.78, 5) is 7.67. The molecule has 1 aliphatic rings. The first-order valence-electron chi connectivity index (χ1n) is 6.77. The molecule has 1 aliphatic heterocycles. The molecule has 18 heavy (non-hydrogen) atoms. The van der Waals surface area contributed by atoms with Crippen molar-refractivity contribution in [1.82, 2.24) is 9.80 Å². The maximum absolute atomic E-state index is 5.71. The summed E-state index contributed by atoms with van der Waals surface area (Å²) in [7, 11) is 4.47. The monoisotopic (exact) mass is 267 g/mol. The second-order valence-electron chi connectivity index (χ2n) is 5.45. The average molecular weight is 267 g/mol. The fraction of sp³-hybridized carbons (Fsp3) is 0.714. The van der Waals surface area contributed by atoms with Gasteiger partial charge in [0, 0.05) is 28.9 Å². The van der Waals surface area contributed by atoms with Crippen LogP contribution in [0, 0.1) is 6.92 Å². The summed E-state index contributed by atoms with van der Waals surface area (Å²) in [6, 6.07) is 3.02. The molecule has 0 saturated carbocycles. The zero-order valence-corrected chi connectivity index (χ0v) is 12.6. The maximum Gasteiger partial charge on any atom is 0.0274 e. The van der Waals surface area contributed by atoms with Crippen LogP contribution in [-0.4, -0.2) is 43.0 Å². The molecule has 2 heterocycles. The molecular formula is C14H25N3S. The largest absolute Gasteiger partial charge is 0.326 e. The molecule has 1 aromatic rings. The van der Waals surface area contributed by atoms with Crippen molar-refractivity contribution in [3.8, 4) is 0 Å².